The highest BCUT2D eigenvalue weighted by molar-refractivity contribution is 5.89. The normalized spacial score (nSPS) is 42.3. The molecule has 1 saturated heterocycles. The summed E-state index contributed by atoms with van der Waals surface area (Å²) in [5, 5.41) is 61.1. The number of nitrogens with one attached hydrogen (secondary N) is 3. The quantitative estimate of drug-likeness (QED) is 0.0845. The number of likely N-dealkylation sites (N-methyl/N-ethyl adjacent to an activating group) is 1. The van der Waals surface area contributed by atoms with Gasteiger partial charge in [0, 0.05) is 30.6 Å². The highest BCUT2D eigenvalue weighted by Crippen LogP contribution is 2.36. The van der Waals surface area contributed by atoms with Crippen molar-refractivity contribution in [1.29, 1.82) is 0 Å². The minimum absolute atomic E-state index is 0.0504. The Kier molecular flexibility index (Phi) is 12.0. The van der Waals surface area contributed by atoms with E-state index in [0.29, 0.717) is 43.8 Å². The van der Waals surface area contributed by atoms with E-state index in [-0.39, 0.29) is 19.4 Å². The van der Waals surface area contributed by atoms with Crippen molar-refractivity contribution < 1.29 is 49.3 Å². The van der Waals surface area contributed by atoms with Gasteiger partial charge in [0.15, 0.2) is 11.9 Å². The summed E-state index contributed by atoms with van der Waals surface area (Å²) in [4.78, 5) is 12.9. The molecule has 2 saturated carbocycles. The fraction of sp³-hybridized carbons (Fsp3) is 0.815. The molecule has 2 aliphatic carbocycles. The summed E-state index contributed by atoms with van der Waals surface area (Å²) in [5.41, 5.74) is 22.6. The molecule has 4 aliphatic rings. The third-order valence-electron chi connectivity index (χ3n) is 8.62. The number of nitrogens with two attached hydrogens (primary N) is 4. The molecule has 2 heterocycles. The van der Waals surface area contributed by atoms with Crippen molar-refractivity contribution >= 4 is 5.91 Å². The predicted octanol–water partition coefficient (Wildman–Crippen LogP) is -5.20. The van der Waals surface area contributed by atoms with Crippen molar-refractivity contribution in [3.05, 3.63) is 23.7 Å². The predicted molar refractivity (Wildman–Crippen MR) is 155 cm³/mol. The first-order valence-corrected chi connectivity index (χ1v) is 15.0. The van der Waals surface area contributed by atoms with Crippen LogP contribution in [0.15, 0.2) is 23.7 Å². The minimum Gasteiger partial charge on any atom is -0.515 e. The number of aliphatic hydroxyl groups excluding tert-OH is 4. The monoisotopic (exact) mass is 631 g/mol. The topological polar surface area (TPSA) is 295 Å². The van der Waals surface area contributed by atoms with E-state index in [1.54, 1.807) is 7.05 Å². The number of aliphatic hydroxyl groups is 5. The summed E-state index contributed by atoms with van der Waals surface area (Å²) in [7, 11) is 1.59. The van der Waals surface area contributed by atoms with Crippen molar-refractivity contribution in [3.63, 3.8) is 0 Å². The zero-order valence-corrected chi connectivity index (χ0v) is 24.8. The summed E-state index contributed by atoms with van der Waals surface area (Å²) in [6.07, 6.45) is -4.30. The first-order chi connectivity index (χ1) is 20.9. The number of carbonyl (C=O) groups excluding carboxylic acids is 1. The maximum absolute atomic E-state index is 12.9. The molecule has 0 aromatic carbocycles. The average molecular weight is 632 g/mol. The van der Waals surface area contributed by atoms with Crippen LogP contribution in [-0.4, -0.2) is 144 Å². The molecule has 0 spiro atoms. The molecule has 3 fully saturated rings. The maximum atomic E-state index is 12.9. The van der Waals surface area contributed by atoms with E-state index in [1.165, 1.54) is 0 Å². The van der Waals surface area contributed by atoms with E-state index in [0.717, 1.165) is 6.26 Å². The highest BCUT2D eigenvalue weighted by atomic mass is 16.7. The van der Waals surface area contributed by atoms with Gasteiger partial charge < -0.3 is 83.4 Å². The Bertz CT molecular complexity index is 1040. The molecule has 0 aromatic heterocycles. The van der Waals surface area contributed by atoms with Crippen LogP contribution in [0.1, 0.15) is 25.7 Å². The van der Waals surface area contributed by atoms with Crippen LogP contribution < -0.4 is 38.9 Å². The number of hydrogen-bond donors (Lipinski definition) is 12. The molecule has 2 aliphatic heterocycles. The molecule has 16 N–H and O–H groups in total. The molecule has 4 unspecified atom stereocenters. The largest absolute Gasteiger partial charge is 0.515 e. The number of amides is 1. The molecule has 252 valence electrons. The van der Waals surface area contributed by atoms with Crippen LogP contribution in [-0.2, 0) is 23.7 Å². The van der Waals surface area contributed by atoms with E-state index in [4.69, 9.17) is 41.9 Å². The molecule has 17 heteroatoms. The maximum Gasteiger partial charge on any atom is 0.253 e. The van der Waals surface area contributed by atoms with Crippen molar-refractivity contribution in [3.8, 4) is 0 Å². The van der Waals surface area contributed by atoms with Crippen molar-refractivity contribution in [2.75, 3.05) is 33.3 Å². The van der Waals surface area contributed by atoms with E-state index in [1.807, 2.05) is 6.08 Å². The Morgan fingerprint density at radius 3 is 2.52 bits per heavy atom. The lowest BCUT2D eigenvalue weighted by Crippen LogP contribution is -2.68. The molecule has 4 rings (SSSR count). The second kappa shape index (κ2) is 15.1. The van der Waals surface area contributed by atoms with Gasteiger partial charge in [-0.3, -0.25) is 4.79 Å². The molecular formula is C27H49N7O10. The SMILES string of the molecule is CN[C@H]1/C(=C\O)CO[C@H](O[C@H]2[C@H](NC(=O)C3(O)CC3N)C[C@H](N)C(O[C@H]3OC(CNCC(O)CCN)=CC[C@H]3N)[C@@H]2O)[C@@H]1O. The van der Waals surface area contributed by atoms with Gasteiger partial charge >= 0.3 is 0 Å². The molecule has 1 amide bonds. The van der Waals surface area contributed by atoms with Gasteiger partial charge in [-0.05, 0) is 38.9 Å². The van der Waals surface area contributed by atoms with E-state index in [2.05, 4.69) is 16.0 Å². The Morgan fingerprint density at radius 1 is 1.18 bits per heavy atom. The summed E-state index contributed by atoms with van der Waals surface area (Å²) < 4.78 is 23.9. The fourth-order valence-electron chi connectivity index (χ4n) is 5.78. The van der Waals surface area contributed by atoms with Gasteiger partial charge in [0.2, 0.25) is 6.29 Å². The number of carbonyl (C=O) groups is 1. The van der Waals surface area contributed by atoms with Crippen LogP contribution in [0.3, 0.4) is 0 Å². The highest BCUT2D eigenvalue weighted by Gasteiger charge is 2.59. The molecule has 0 aromatic rings. The lowest BCUT2D eigenvalue weighted by atomic mass is 9.83. The van der Waals surface area contributed by atoms with Gasteiger partial charge in [-0.25, -0.2) is 0 Å². The third kappa shape index (κ3) is 7.87. The summed E-state index contributed by atoms with van der Waals surface area (Å²) in [6, 6.07) is -3.79. The van der Waals surface area contributed by atoms with Crippen LogP contribution in [0, 0.1) is 0 Å². The second-order valence-electron chi connectivity index (χ2n) is 12.0. The Labute approximate surface area is 255 Å². The molecule has 0 radical (unpaired) electrons. The lowest BCUT2D eigenvalue weighted by molar-refractivity contribution is -0.275. The van der Waals surface area contributed by atoms with Gasteiger partial charge in [0.1, 0.15) is 30.2 Å². The summed E-state index contributed by atoms with van der Waals surface area (Å²) >= 11 is 0. The smallest absolute Gasteiger partial charge is 0.253 e. The fourth-order valence-corrected chi connectivity index (χ4v) is 5.78. The first kappa shape index (κ1) is 34.9. The first-order valence-electron chi connectivity index (χ1n) is 15.0. The zero-order valence-electron chi connectivity index (χ0n) is 24.8. The van der Waals surface area contributed by atoms with Crippen molar-refractivity contribution in [2.24, 2.45) is 22.9 Å². The van der Waals surface area contributed by atoms with E-state index >= 15 is 0 Å². The van der Waals surface area contributed by atoms with Crippen molar-refractivity contribution in [1.82, 2.24) is 16.0 Å². The van der Waals surface area contributed by atoms with Crippen LogP contribution in [0.5, 0.6) is 0 Å². The van der Waals surface area contributed by atoms with Gasteiger partial charge in [-0.2, -0.15) is 0 Å². The van der Waals surface area contributed by atoms with Crippen LogP contribution in [0.2, 0.25) is 0 Å². The number of hydrogen-bond acceptors (Lipinski definition) is 16. The van der Waals surface area contributed by atoms with Gasteiger partial charge in [-0.1, -0.05) is 0 Å². The molecular weight excluding hydrogens is 582 g/mol. The van der Waals surface area contributed by atoms with E-state index < -0.39 is 84.8 Å². The van der Waals surface area contributed by atoms with Crippen LogP contribution in [0.4, 0.5) is 0 Å². The van der Waals surface area contributed by atoms with Crippen LogP contribution in [0.25, 0.3) is 0 Å². The lowest BCUT2D eigenvalue weighted by Gasteiger charge is -2.47. The summed E-state index contributed by atoms with van der Waals surface area (Å²) in [6.45, 7) is 0.900. The molecule has 17 nitrogen and oxygen atoms in total. The second-order valence-corrected chi connectivity index (χ2v) is 12.0. The molecule has 13 atom stereocenters. The van der Waals surface area contributed by atoms with Gasteiger partial charge in [-0.15, -0.1) is 0 Å². The Morgan fingerprint density at radius 2 is 1.89 bits per heavy atom. The zero-order chi connectivity index (χ0) is 32.2. The average Bonchev–Trinajstić information content (AvgIpc) is 3.62. The van der Waals surface area contributed by atoms with E-state index in [9.17, 15) is 30.3 Å². The minimum atomic E-state index is -1.74. The molecule has 0 bridgehead atoms. The molecule has 44 heavy (non-hydrogen) atoms. The summed E-state index contributed by atoms with van der Waals surface area (Å²) in [5.74, 6) is -0.199. The third-order valence-corrected chi connectivity index (χ3v) is 8.62. The van der Waals surface area contributed by atoms with Crippen molar-refractivity contribution in [2.45, 2.75) is 105 Å². The standard InChI is InChI=1S/C27H49N7O10/c1-32-19-12(10-35)11-41-25(20(19)37)44-23-17(34-26(39)27(40)7-18(27)31)6-16(30)22(21(23)38)43-24-15(29)3-2-14(42-24)9-33-8-13(36)4-5-28/h2,10,13,15-25,32-33,35-38,40H,3-9,11,28-31H2,1H3,(H,34,39)/b12-10-/t13?,15-,16+,17-,18?,19+,20-,21+,22?,23+,24-,25-,27?/m1/s1. The number of rotatable bonds is 13. The Balaban J connectivity index is 1.47. The van der Waals surface area contributed by atoms with Gasteiger partial charge in [0.25, 0.3) is 5.91 Å². The van der Waals surface area contributed by atoms with Crippen LogP contribution >= 0.6 is 0 Å². The Hall–Kier alpha value is -1.97. The van der Waals surface area contributed by atoms with Gasteiger partial charge in [0.05, 0.1) is 43.6 Å². The number of ether oxygens (including phenoxy) is 4.